The van der Waals surface area contributed by atoms with Crippen molar-refractivity contribution in [2.45, 2.75) is 56.3 Å². The van der Waals surface area contributed by atoms with Gasteiger partial charge in [-0.15, -0.1) is 0 Å². The summed E-state index contributed by atoms with van der Waals surface area (Å²) in [6, 6.07) is 0. The third-order valence-corrected chi connectivity index (χ3v) is 4.68. The van der Waals surface area contributed by atoms with Crippen LogP contribution in [-0.4, -0.2) is 78.8 Å². The molecule has 6 N–H and O–H groups in total. The van der Waals surface area contributed by atoms with Gasteiger partial charge in [-0.3, -0.25) is 19.2 Å². The summed E-state index contributed by atoms with van der Waals surface area (Å²) in [5, 5.41) is 41.7. The summed E-state index contributed by atoms with van der Waals surface area (Å²) < 4.78 is 4.91. The van der Waals surface area contributed by atoms with Crippen molar-refractivity contribution in [3.63, 3.8) is 0 Å². The number of hydrogen-bond donors (Lipinski definition) is 5. The van der Waals surface area contributed by atoms with E-state index in [1.807, 2.05) is 0 Å². The number of carbonyl (C=O) groups excluding carboxylic acids is 4. The topological polar surface area (TPSA) is 184 Å². The Balaban J connectivity index is 4.05. The van der Waals surface area contributed by atoms with Gasteiger partial charge >= 0.3 is 0 Å². The van der Waals surface area contributed by atoms with Gasteiger partial charge in [0, 0.05) is 6.92 Å². The maximum absolute atomic E-state index is 12.2. The van der Waals surface area contributed by atoms with Crippen LogP contribution in [0.3, 0.4) is 0 Å². The van der Waals surface area contributed by atoms with Crippen molar-refractivity contribution in [3.05, 3.63) is 0 Å². The second kappa shape index (κ2) is 5.76. The Hall–Kier alpha value is -1.56. The van der Waals surface area contributed by atoms with Gasteiger partial charge in [0.25, 0.3) is 5.79 Å². The summed E-state index contributed by atoms with van der Waals surface area (Å²) in [6.07, 6.45) is -2.10. The maximum atomic E-state index is 12.2. The Morgan fingerprint density at radius 2 is 1.38 bits per heavy atom. The third kappa shape index (κ3) is 1.98. The van der Waals surface area contributed by atoms with Gasteiger partial charge in [-0.1, -0.05) is 0 Å². The molecule has 24 heavy (non-hydrogen) atoms. The van der Waals surface area contributed by atoms with Crippen molar-refractivity contribution >= 4 is 23.1 Å². The van der Waals surface area contributed by atoms with Crippen molar-refractivity contribution in [1.29, 1.82) is 0 Å². The number of carbonyl (C=O) groups is 4. The summed E-state index contributed by atoms with van der Waals surface area (Å²) in [7, 11) is 0. The molecule has 0 saturated carbocycles. The van der Waals surface area contributed by atoms with Gasteiger partial charge in [0.05, 0.1) is 6.61 Å². The quantitative estimate of drug-likeness (QED) is 0.335. The SMILES string of the molecule is CC(=O)[C@@]1(N)[C@](O)(C(C)=O)[C@@](O)(C(C)=O)[C@@H](CO)O[C@@]1(O)C(C)=O. The number of aliphatic hydroxyl groups is 4. The molecule has 1 heterocycles. The minimum absolute atomic E-state index is 0.707. The van der Waals surface area contributed by atoms with Crippen LogP contribution in [0.2, 0.25) is 0 Å². The Kier molecular flexibility index (Phi) is 4.92. The number of Topliss-reactive ketones (excluding diaryl/α,β-unsaturated/α-hetero) is 4. The van der Waals surface area contributed by atoms with Crippen LogP contribution in [-0.2, 0) is 23.9 Å². The van der Waals surface area contributed by atoms with Gasteiger partial charge < -0.3 is 30.9 Å². The fourth-order valence-corrected chi connectivity index (χ4v) is 3.21. The van der Waals surface area contributed by atoms with Gasteiger partial charge in [-0.25, -0.2) is 0 Å². The third-order valence-electron chi connectivity index (χ3n) is 4.68. The summed E-state index contributed by atoms with van der Waals surface area (Å²) in [5.74, 6) is -8.48. The summed E-state index contributed by atoms with van der Waals surface area (Å²) in [5.41, 5.74) is -4.05. The Bertz CT molecular complexity index is 619. The van der Waals surface area contributed by atoms with Crippen molar-refractivity contribution in [1.82, 2.24) is 0 Å². The Morgan fingerprint density at radius 3 is 1.62 bits per heavy atom. The summed E-state index contributed by atoms with van der Waals surface area (Å²) >= 11 is 0. The molecule has 0 radical (unpaired) electrons. The lowest BCUT2D eigenvalue weighted by Crippen LogP contribution is -2.93. The monoisotopic (exact) mass is 347 g/mol. The fourth-order valence-electron chi connectivity index (χ4n) is 3.21. The largest absolute Gasteiger partial charge is 0.394 e. The van der Waals surface area contributed by atoms with E-state index in [2.05, 4.69) is 0 Å². The summed E-state index contributed by atoms with van der Waals surface area (Å²) in [4.78, 5) is 48.3. The molecule has 0 aromatic heterocycles. The standard InChI is InChI=1S/C14H21NO9/c1-6(17)11(21)10(5-16)24-14(23,9(4)20)12(15,7(2)18)13(11,22)8(3)19/h10,16,21-23H,5,15H2,1-4H3/t10-,11-,12-,13+,14+/m1/s1. The first kappa shape index (κ1) is 20.5. The van der Waals surface area contributed by atoms with Crippen LogP contribution >= 0.6 is 0 Å². The van der Waals surface area contributed by atoms with E-state index in [-0.39, 0.29) is 0 Å². The fraction of sp³-hybridized carbons (Fsp3) is 0.714. The normalized spacial score (nSPS) is 42.5. The molecule has 0 spiro atoms. The van der Waals surface area contributed by atoms with Gasteiger partial charge in [0.15, 0.2) is 39.9 Å². The van der Waals surface area contributed by atoms with Crippen LogP contribution in [0.4, 0.5) is 0 Å². The number of hydrogen-bond acceptors (Lipinski definition) is 10. The van der Waals surface area contributed by atoms with Gasteiger partial charge in [-0.05, 0) is 20.8 Å². The van der Waals surface area contributed by atoms with Gasteiger partial charge in [0.1, 0.15) is 6.10 Å². The molecule has 136 valence electrons. The van der Waals surface area contributed by atoms with Gasteiger partial charge in [-0.2, -0.15) is 0 Å². The second-order valence-corrected chi connectivity index (χ2v) is 5.94. The first-order chi connectivity index (χ1) is 10.7. The highest BCUT2D eigenvalue weighted by atomic mass is 16.7. The van der Waals surface area contributed by atoms with Crippen LogP contribution in [0.15, 0.2) is 0 Å². The minimum atomic E-state index is -3.44. The number of ketones is 4. The highest BCUT2D eigenvalue weighted by molar-refractivity contribution is 6.09. The summed E-state index contributed by atoms with van der Waals surface area (Å²) in [6.45, 7) is 1.80. The first-order valence-electron chi connectivity index (χ1n) is 6.98. The van der Waals surface area contributed by atoms with Crippen LogP contribution in [0.5, 0.6) is 0 Å². The molecule has 1 rings (SSSR count). The van der Waals surface area contributed by atoms with Crippen LogP contribution < -0.4 is 5.73 Å². The molecule has 0 aromatic rings. The lowest BCUT2D eigenvalue weighted by atomic mass is 9.56. The number of aliphatic hydroxyl groups excluding tert-OH is 1. The zero-order chi connectivity index (χ0) is 19.3. The molecule has 0 unspecified atom stereocenters. The van der Waals surface area contributed by atoms with E-state index in [0.717, 1.165) is 20.8 Å². The molecule has 5 atom stereocenters. The predicted octanol–water partition coefficient (Wildman–Crippen LogP) is -3.42. The highest BCUT2D eigenvalue weighted by Crippen LogP contribution is 2.49. The van der Waals surface area contributed by atoms with Gasteiger partial charge in [0.2, 0.25) is 0 Å². The number of rotatable bonds is 5. The number of nitrogens with two attached hydrogens (primary N) is 1. The van der Waals surface area contributed by atoms with Crippen molar-refractivity contribution in [3.8, 4) is 0 Å². The molecule has 0 aliphatic carbocycles. The zero-order valence-electron chi connectivity index (χ0n) is 13.7. The molecule has 10 nitrogen and oxygen atoms in total. The van der Waals surface area contributed by atoms with Crippen LogP contribution in [0.1, 0.15) is 27.7 Å². The molecule has 1 fully saturated rings. The Morgan fingerprint density at radius 1 is 0.917 bits per heavy atom. The van der Waals surface area contributed by atoms with E-state index in [1.165, 1.54) is 0 Å². The average Bonchev–Trinajstić information content (AvgIpc) is 2.47. The van der Waals surface area contributed by atoms with Crippen LogP contribution in [0, 0.1) is 0 Å². The molecular weight excluding hydrogens is 326 g/mol. The van der Waals surface area contributed by atoms with E-state index in [0.29, 0.717) is 6.92 Å². The number of ether oxygens (including phenoxy) is 1. The van der Waals surface area contributed by atoms with E-state index >= 15 is 0 Å². The molecule has 0 aromatic carbocycles. The molecule has 1 aliphatic rings. The van der Waals surface area contributed by atoms with E-state index < -0.39 is 58.4 Å². The van der Waals surface area contributed by atoms with Crippen LogP contribution in [0.25, 0.3) is 0 Å². The molecule has 0 bridgehead atoms. The highest BCUT2D eigenvalue weighted by Gasteiger charge is 2.82. The molecule has 1 saturated heterocycles. The lowest BCUT2D eigenvalue weighted by Gasteiger charge is -2.60. The van der Waals surface area contributed by atoms with E-state index in [9.17, 15) is 39.6 Å². The predicted molar refractivity (Wildman–Crippen MR) is 76.5 cm³/mol. The van der Waals surface area contributed by atoms with Crippen molar-refractivity contribution < 1.29 is 44.3 Å². The molecular formula is C14H21NO9. The van der Waals surface area contributed by atoms with E-state index in [4.69, 9.17) is 10.5 Å². The maximum Gasteiger partial charge on any atom is 0.256 e. The minimum Gasteiger partial charge on any atom is -0.394 e. The molecule has 10 heteroatoms. The first-order valence-corrected chi connectivity index (χ1v) is 6.98. The zero-order valence-corrected chi connectivity index (χ0v) is 13.7. The lowest BCUT2D eigenvalue weighted by molar-refractivity contribution is -0.352. The molecule has 0 amide bonds. The average molecular weight is 347 g/mol. The smallest absolute Gasteiger partial charge is 0.256 e. The van der Waals surface area contributed by atoms with E-state index in [1.54, 1.807) is 0 Å². The van der Waals surface area contributed by atoms with Crippen molar-refractivity contribution in [2.24, 2.45) is 5.73 Å². The second-order valence-electron chi connectivity index (χ2n) is 5.94. The molecule has 1 aliphatic heterocycles. The van der Waals surface area contributed by atoms with Crippen molar-refractivity contribution in [2.75, 3.05) is 6.61 Å². The Labute approximate surface area is 137 Å².